The Morgan fingerprint density at radius 2 is 1.88 bits per heavy atom. The molecule has 0 unspecified atom stereocenters. The summed E-state index contributed by atoms with van der Waals surface area (Å²) in [6.45, 7) is 1.20. The second-order valence-corrected chi connectivity index (χ2v) is 7.35. The third-order valence-electron chi connectivity index (χ3n) is 4.40. The highest BCUT2D eigenvalue weighted by atomic mass is 127. The molecule has 2 N–H and O–H groups in total. The molecule has 4 nitrogen and oxygen atoms in total. The second kappa shape index (κ2) is 7.32. The summed E-state index contributed by atoms with van der Waals surface area (Å²) in [6.07, 6.45) is 0. The number of aliphatic hydroxyl groups excluding tert-OH is 1. The highest BCUT2D eigenvalue weighted by Crippen LogP contribution is 2.26. The number of hydrogen-bond donors (Lipinski definition) is 2. The van der Waals surface area contributed by atoms with Crippen LogP contribution < -0.4 is 5.32 Å². The van der Waals surface area contributed by atoms with Crippen LogP contribution in [0.4, 0.5) is 8.78 Å². The summed E-state index contributed by atoms with van der Waals surface area (Å²) in [5.74, 6) is -2.35. The van der Waals surface area contributed by atoms with Crippen molar-refractivity contribution in [2.75, 3.05) is 6.61 Å². The van der Waals surface area contributed by atoms with Crippen molar-refractivity contribution < 1.29 is 18.7 Å². The Morgan fingerprint density at radius 3 is 2.50 bits per heavy atom. The molecule has 0 aliphatic heterocycles. The molecule has 0 aliphatic rings. The zero-order valence-electron chi connectivity index (χ0n) is 14.2. The predicted octanol–water partition coefficient (Wildman–Crippen LogP) is 3.83. The van der Waals surface area contributed by atoms with E-state index in [2.05, 4.69) is 27.9 Å². The van der Waals surface area contributed by atoms with Crippen LogP contribution in [0, 0.1) is 22.1 Å². The Hall–Kier alpha value is -2.00. The average molecular weight is 470 g/mol. The number of carbonyl (C=O) groups is 1. The van der Waals surface area contributed by atoms with Gasteiger partial charge in [-0.3, -0.25) is 4.79 Å². The molecule has 0 fully saturated rings. The van der Waals surface area contributed by atoms with Crippen molar-refractivity contribution >= 4 is 39.4 Å². The van der Waals surface area contributed by atoms with Crippen molar-refractivity contribution in [1.29, 1.82) is 0 Å². The molecular formula is C19H17F2IN2O2. The molecule has 0 saturated heterocycles. The number of rotatable bonds is 4. The summed E-state index contributed by atoms with van der Waals surface area (Å²) in [5, 5.41) is 12.4. The van der Waals surface area contributed by atoms with Crippen LogP contribution in [-0.2, 0) is 7.05 Å². The molecule has 0 aliphatic carbocycles. The number of aryl methyl sites for hydroxylation is 2. The van der Waals surface area contributed by atoms with E-state index in [-0.39, 0.29) is 23.3 Å². The Labute approximate surface area is 163 Å². The van der Waals surface area contributed by atoms with Gasteiger partial charge >= 0.3 is 0 Å². The zero-order chi connectivity index (χ0) is 19.0. The van der Waals surface area contributed by atoms with Crippen molar-refractivity contribution in [3.05, 3.63) is 68.4 Å². The minimum Gasteiger partial charge on any atom is -0.394 e. The lowest BCUT2D eigenvalue weighted by Crippen LogP contribution is -2.31. The van der Waals surface area contributed by atoms with Crippen molar-refractivity contribution in [2.24, 2.45) is 7.05 Å². The number of hydrogen-bond acceptors (Lipinski definition) is 2. The summed E-state index contributed by atoms with van der Waals surface area (Å²) in [7, 11) is 1.62. The van der Waals surface area contributed by atoms with Gasteiger partial charge in [0.25, 0.3) is 5.91 Å². The Kier molecular flexibility index (Phi) is 5.29. The first-order valence-corrected chi connectivity index (χ1v) is 9.02. The Bertz CT molecular complexity index is 984. The lowest BCUT2D eigenvalue weighted by atomic mass is 10.1. The normalized spacial score (nSPS) is 12.4. The van der Waals surface area contributed by atoms with Gasteiger partial charge in [-0.05, 0) is 64.9 Å². The zero-order valence-corrected chi connectivity index (χ0v) is 16.3. The number of carbonyl (C=O) groups excluding carboxylic acids is 1. The fourth-order valence-corrected chi connectivity index (χ4v) is 3.27. The number of benzene rings is 2. The van der Waals surface area contributed by atoms with Crippen LogP contribution in [0.1, 0.15) is 27.7 Å². The van der Waals surface area contributed by atoms with Crippen LogP contribution in [0.25, 0.3) is 10.9 Å². The fourth-order valence-electron chi connectivity index (χ4n) is 2.91. The molecule has 7 heteroatoms. The highest BCUT2D eigenvalue weighted by molar-refractivity contribution is 14.1. The van der Waals surface area contributed by atoms with Gasteiger partial charge in [0, 0.05) is 16.0 Å². The molecule has 0 radical (unpaired) electrons. The summed E-state index contributed by atoms with van der Waals surface area (Å²) in [4.78, 5) is 12.7. The molecule has 1 heterocycles. The molecule has 1 aromatic heterocycles. The van der Waals surface area contributed by atoms with E-state index < -0.39 is 23.6 Å². The molecule has 0 spiro atoms. The molecule has 136 valence electrons. The van der Waals surface area contributed by atoms with E-state index in [1.54, 1.807) is 7.05 Å². The summed E-state index contributed by atoms with van der Waals surface area (Å²) < 4.78 is 30.5. The van der Waals surface area contributed by atoms with Crippen LogP contribution in [0.2, 0.25) is 0 Å². The van der Waals surface area contributed by atoms with Gasteiger partial charge in [-0.2, -0.15) is 0 Å². The lowest BCUT2D eigenvalue weighted by Gasteiger charge is -2.17. The van der Waals surface area contributed by atoms with Gasteiger partial charge in [-0.25, -0.2) is 8.78 Å². The topological polar surface area (TPSA) is 54.3 Å². The molecule has 0 saturated carbocycles. The number of aromatic nitrogens is 1. The van der Waals surface area contributed by atoms with E-state index in [9.17, 15) is 18.7 Å². The van der Waals surface area contributed by atoms with Gasteiger partial charge in [0.15, 0.2) is 11.6 Å². The Balaban J connectivity index is 1.95. The van der Waals surface area contributed by atoms with E-state index in [0.717, 1.165) is 9.13 Å². The lowest BCUT2D eigenvalue weighted by molar-refractivity contribution is 0.0908. The number of nitrogens with zero attached hydrogens (tertiary/aromatic N) is 1. The largest absolute Gasteiger partial charge is 0.394 e. The SMILES string of the molecule is Cc1cc2c(cc(C(=O)N[C@H](CO)c3ccc(I)cc3)n2C)c(F)c1F. The van der Waals surface area contributed by atoms with Gasteiger partial charge in [-0.15, -0.1) is 0 Å². The number of fused-ring (bicyclic) bond motifs is 1. The maximum Gasteiger partial charge on any atom is 0.268 e. The van der Waals surface area contributed by atoms with E-state index in [0.29, 0.717) is 5.52 Å². The van der Waals surface area contributed by atoms with Crippen molar-refractivity contribution in [1.82, 2.24) is 9.88 Å². The van der Waals surface area contributed by atoms with Crippen molar-refractivity contribution in [3.63, 3.8) is 0 Å². The molecular weight excluding hydrogens is 453 g/mol. The summed E-state index contributed by atoms with van der Waals surface area (Å²) in [5.41, 5.74) is 1.55. The number of halogens is 3. The van der Waals surface area contributed by atoms with Gasteiger partial charge in [0.2, 0.25) is 0 Å². The quantitative estimate of drug-likeness (QED) is 0.570. The molecule has 0 bridgehead atoms. The smallest absolute Gasteiger partial charge is 0.268 e. The maximum absolute atomic E-state index is 14.2. The van der Waals surface area contributed by atoms with Gasteiger partial charge in [0.05, 0.1) is 18.2 Å². The number of nitrogens with one attached hydrogen (secondary N) is 1. The molecule has 1 amide bonds. The monoisotopic (exact) mass is 470 g/mol. The van der Waals surface area contributed by atoms with Crippen LogP contribution >= 0.6 is 22.6 Å². The second-order valence-electron chi connectivity index (χ2n) is 6.10. The molecule has 1 atom stereocenters. The Morgan fingerprint density at radius 1 is 1.23 bits per heavy atom. The van der Waals surface area contributed by atoms with Crippen molar-refractivity contribution in [3.8, 4) is 0 Å². The first-order valence-electron chi connectivity index (χ1n) is 7.94. The molecule has 3 rings (SSSR count). The van der Waals surface area contributed by atoms with E-state index in [1.165, 1.54) is 23.6 Å². The molecule has 2 aromatic carbocycles. The van der Waals surface area contributed by atoms with Crippen LogP contribution in [0.15, 0.2) is 36.4 Å². The minimum absolute atomic E-state index is 0.0514. The van der Waals surface area contributed by atoms with E-state index in [1.807, 2.05) is 24.3 Å². The van der Waals surface area contributed by atoms with Crippen molar-refractivity contribution in [2.45, 2.75) is 13.0 Å². The maximum atomic E-state index is 14.2. The number of aliphatic hydroxyl groups is 1. The summed E-state index contributed by atoms with van der Waals surface area (Å²) in [6, 6.07) is 9.63. The highest BCUT2D eigenvalue weighted by Gasteiger charge is 2.21. The van der Waals surface area contributed by atoms with Gasteiger partial charge in [-0.1, -0.05) is 12.1 Å². The average Bonchev–Trinajstić information content (AvgIpc) is 2.95. The van der Waals surface area contributed by atoms with Crippen LogP contribution in [-0.4, -0.2) is 22.2 Å². The summed E-state index contributed by atoms with van der Waals surface area (Å²) >= 11 is 2.17. The first kappa shape index (κ1) is 18.8. The third-order valence-corrected chi connectivity index (χ3v) is 5.12. The molecule has 3 aromatic rings. The van der Waals surface area contributed by atoms with E-state index in [4.69, 9.17) is 0 Å². The van der Waals surface area contributed by atoms with Gasteiger partial charge < -0.3 is 15.0 Å². The third kappa shape index (κ3) is 3.33. The first-order chi connectivity index (χ1) is 12.3. The minimum atomic E-state index is -0.967. The van der Waals surface area contributed by atoms with Crippen LogP contribution in [0.5, 0.6) is 0 Å². The fraction of sp³-hybridized carbons (Fsp3) is 0.211. The predicted molar refractivity (Wildman–Crippen MR) is 104 cm³/mol. The molecule has 26 heavy (non-hydrogen) atoms. The standard InChI is InChI=1S/C19H17F2IN2O2/c1-10-7-15-13(18(21)17(10)20)8-16(24(15)2)19(26)23-14(9-25)11-3-5-12(22)6-4-11/h3-8,14,25H,9H2,1-2H3,(H,23,26)/t14-/m1/s1. The van der Waals surface area contributed by atoms with Gasteiger partial charge in [0.1, 0.15) is 5.69 Å². The van der Waals surface area contributed by atoms with Crippen LogP contribution in [0.3, 0.4) is 0 Å². The van der Waals surface area contributed by atoms with E-state index >= 15 is 0 Å². The number of amides is 1.